The Morgan fingerprint density at radius 1 is 1.45 bits per heavy atom. The lowest BCUT2D eigenvalue weighted by atomic mass is 9.91. The van der Waals surface area contributed by atoms with E-state index in [4.69, 9.17) is 9.47 Å². The van der Waals surface area contributed by atoms with Crippen molar-refractivity contribution in [3.63, 3.8) is 0 Å². The van der Waals surface area contributed by atoms with Crippen LogP contribution in [-0.4, -0.2) is 54.9 Å². The van der Waals surface area contributed by atoms with Crippen LogP contribution in [0.25, 0.3) is 0 Å². The minimum absolute atomic E-state index is 0.0361. The summed E-state index contributed by atoms with van der Waals surface area (Å²) >= 11 is 0. The van der Waals surface area contributed by atoms with Gasteiger partial charge in [-0.05, 0) is 37.5 Å². The number of aliphatic hydroxyl groups excluding tert-OH is 1. The summed E-state index contributed by atoms with van der Waals surface area (Å²) in [6.45, 7) is 1.88. The molecule has 0 aliphatic carbocycles. The van der Waals surface area contributed by atoms with Crippen molar-refractivity contribution < 1.29 is 19.4 Å². The van der Waals surface area contributed by atoms with E-state index in [-0.39, 0.29) is 11.9 Å². The highest BCUT2D eigenvalue weighted by molar-refractivity contribution is 5.95. The molecule has 5 nitrogen and oxygen atoms in total. The van der Waals surface area contributed by atoms with Crippen molar-refractivity contribution in [2.24, 2.45) is 5.92 Å². The van der Waals surface area contributed by atoms with Crippen LogP contribution in [0, 0.1) is 5.92 Å². The molecule has 120 valence electrons. The molecule has 3 unspecified atom stereocenters. The molecule has 1 aromatic carbocycles. The molecule has 1 amide bonds. The molecule has 0 spiro atoms. The molecule has 22 heavy (non-hydrogen) atoms. The number of carbonyl (C=O) groups is 1. The number of rotatable bonds is 3. The zero-order chi connectivity index (χ0) is 15.5. The summed E-state index contributed by atoms with van der Waals surface area (Å²) in [6, 6.07) is 7.25. The van der Waals surface area contributed by atoms with Crippen LogP contribution >= 0.6 is 0 Å². The fraction of sp³-hybridized carbons (Fsp3) is 0.588. The van der Waals surface area contributed by atoms with Gasteiger partial charge in [-0.25, -0.2) is 0 Å². The monoisotopic (exact) mass is 305 g/mol. The van der Waals surface area contributed by atoms with Gasteiger partial charge in [0, 0.05) is 30.7 Å². The van der Waals surface area contributed by atoms with Gasteiger partial charge in [-0.15, -0.1) is 0 Å². The number of aliphatic hydroxyl groups is 1. The van der Waals surface area contributed by atoms with Crippen molar-refractivity contribution >= 4 is 5.91 Å². The number of nitrogens with zero attached hydrogens (tertiary/aromatic N) is 1. The number of hydrogen-bond donors (Lipinski definition) is 1. The van der Waals surface area contributed by atoms with E-state index in [2.05, 4.69) is 0 Å². The van der Waals surface area contributed by atoms with E-state index in [1.54, 1.807) is 19.2 Å². The Balaban J connectivity index is 1.79. The lowest BCUT2D eigenvalue weighted by molar-refractivity contribution is 0.0190. The molecular weight excluding hydrogens is 282 g/mol. The lowest BCUT2D eigenvalue weighted by Gasteiger charge is -2.33. The summed E-state index contributed by atoms with van der Waals surface area (Å²) in [7, 11) is 1.59. The largest absolute Gasteiger partial charge is 0.497 e. The molecule has 2 fully saturated rings. The SMILES string of the molecule is COc1cccc(C(=O)N2CC(O)CC2C2CCCOC2)c1. The van der Waals surface area contributed by atoms with Gasteiger partial charge >= 0.3 is 0 Å². The molecular formula is C17H23NO4. The summed E-state index contributed by atoms with van der Waals surface area (Å²) in [5, 5.41) is 10.0. The van der Waals surface area contributed by atoms with Crippen LogP contribution in [0.1, 0.15) is 29.6 Å². The zero-order valence-electron chi connectivity index (χ0n) is 12.9. The highest BCUT2D eigenvalue weighted by atomic mass is 16.5. The van der Waals surface area contributed by atoms with Crippen molar-refractivity contribution in [2.75, 3.05) is 26.9 Å². The second-order valence-corrected chi connectivity index (χ2v) is 6.12. The van der Waals surface area contributed by atoms with Gasteiger partial charge in [-0.1, -0.05) is 6.07 Å². The normalized spacial score (nSPS) is 28.6. The number of hydrogen-bond acceptors (Lipinski definition) is 4. The van der Waals surface area contributed by atoms with Crippen molar-refractivity contribution in [2.45, 2.75) is 31.4 Å². The topological polar surface area (TPSA) is 59.0 Å². The minimum atomic E-state index is -0.443. The number of likely N-dealkylation sites (tertiary alicyclic amines) is 1. The Morgan fingerprint density at radius 2 is 2.32 bits per heavy atom. The molecule has 0 aromatic heterocycles. The van der Waals surface area contributed by atoms with Gasteiger partial charge < -0.3 is 19.5 Å². The predicted molar refractivity (Wildman–Crippen MR) is 82.0 cm³/mol. The highest BCUT2D eigenvalue weighted by Gasteiger charge is 2.39. The van der Waals surface area contributed by atoms with Crippen LogP contribution in [-0.2, 0) is 4.74 Å². The van der Waals surface area contributed by atoms with Crippen molar-refractivity contribution in [1.82, 2.24) is 4.90 Å². The standard InChI is InChI=1S/C17H23NO4/c1-21-15-6-2-4-12(8-15)17(20)18-10-14(19)9-16(18)13-5-3-7-22-11-13/h2,4,6,8,13-14,16,19H,3,5,7,9-11H2,1H3. The van der Waals surface area contributed by atoms with Crippen molar-refractivity contribution in [3.8, 4) is 5.75 Å². The maximum atomic E-state index is 12.8. The maximum absolute atomic E-state index is 12.8. The van der Waals surface area contributed by atoms with E-state index >= 15 is 0 Å². The molecule has 0 saturated carbocycles. The van der Waals surface area contributed by atoms with E-state index in [1.165, 1.54) is 0 Å². The second-order valence-electron chi connectivity index (χ2n) is 6.12. The summed E-state index contributed by atoms with van der Waals surface area (Å²) in [6.07, 6.45) is 2.28. The third-order valence-corrected chi connectivity index (χ3v) is 4.64. The van der Waals surface area contributed by atoms with Crippen LogP contribution < -0.4 is 4.74 Å². The minimum Gasteiger partial charge on any atom is -0.497 e. The molecule has 2 aliphatic rings. The summed E-state index contributed by atoms with van der Waals surface area (Å²) in [5.74, 6) is 0.953. The summed E-state index contributed by atoms with van der Waals surface area (Å²) in [5.41, 5.74) is 0.607. The number of carbonyl (C=O) groups excluding carboxylic acids is 1. The highest BCUT2D eigenvalue weighted by Crippen LogP contribution is 2.31. The first-order valence-corrected chi connectivity index (χ1v) is 7.90. The molecule has 3 rings (SSSR count). The number of β-amino-alcohol motifs (C(OH)–C–C–N with tert-alkyl or cyclic N) is 1. The van der Waals surface area contributed by atoms with Crippen LogP contribution in [0.15, 0.2) is 24.3 Å². The van der Waals surface area contributed by atoms with Crippen LogP contribution in [0.3, 0.4) is 0 Å². The molecule has 0 radical (unpaired) electrons. The first kappa shape index (κ1) is 15.3. The van der Waals surface area contributed by atoms with E-state index in [0.29, 0.717) is 36.8 Å². The van der Waals surface area contributed by atoms with Gasteiger partial charge in [0.05, 0.1) is 19.8 Å². The van der Waals surface area contributed by atoms with Crippen LogP contribution in [0.2, 0.25) is 0 Å². The van der Waals surface area contributed by atoms with Crippen molar-refractivity contribution in [3.05, 3.63) is 29.8 Å². The third-order valence-electron chi connectivity index (χ3n) is 4.64. The summed E-state index contributed by atoms with van der Waals surface area (Å²) in [4.78, 5) is 14.7. The molecule has 2 saturated heterocycles. The lowest BCUT2D eigenvalue weighted by Crippen LogP contribution is -2.42. The molecule has 2 heterocycles. The quantitative estimate of drug-likeness (QED) is 0.923. The maximum Gasteiger partial charge on any atom is 0.254 e. The Morgan fingerprint density at radius 3 is 3.05 bits per heavy atom. The van der Waals surface area contributed by atoms with Gasteiger partial charge in [0.1, 0.15) is 5.75 Å². The Bertz CT molecular complexity index is 527. The summed E-state index contributed by atoms with van der Waals surface area (Å²) < 4.78 is 10.8. The zero-order valence-corrected chi connectivity index (χ0v) is 12.9. The van der Waals surface area contributed by atoms with Crippen LogP contribution in [0.4, 0.5) is 0 Å². The number of methoxy groups -OCH3 is 1. The van der Waals surface area contributed by atoms with Crippen LogP contribution in [0.5, 0.6) is 5.75 Å². The number of amides is 1. The van der Waals surface area contributed by atoms with E-state index in [9.17, 15) is 9.90 Å². The smallest absolute Gasteiger partial charge is 0.254 e. The first-order chi connectivity index (χ1) is 10.7. The van der Waals surface area contributed by atoms with Gasteiger partial charge in [0.2, 0.25) is 0 Å². The molecule has 5 heteroatoms. The van der Waals surface area contributed by atoms with E-state index in [1.807, 2.05) is 17.0 Å². The third kappa shape index (κ3) is 3.10. The number of benzene rings is 1. The molecule has 3 atom stereocenters. The van der Waals surface area contributed by atoms with Gasteiger partial charge in [0.15, 0.2) is 0 Å². The molecule has 0 bridgehead atoms. The Kier molecular flexibility index (Phi) is 4.64. The average molecular weight is 305 g/mol. The first-order valence-electron chi connectivity index (χ1n) is 7.90. The predicted octanol–water partition coefficient (Wildman–Crippen LogP) is 1.70. The van der Waals surface area contributed by atoms with Gasteiger partial charge in [-0.3, -0.25) is 4.79 Å². The fourth-order valence-corrected chi connectivity index (χ4v) is 3.51. The second kappa shape index (κ2) is 6.67. The van der Waals surface area contributed by atoms with Gasteiger partial charge in [-0.2, -0.15) is 0 Å². The molecule has 1 N–H and O–H groups in total. The van der Waals surface area contributed by atoms with Gasteiger partial charge in [0.25, 0.3) is 5.91 Å². The molecule has 1 aromatic rings. The average Bonchev–Trinajstić information content (AvgIpc) is 2.97. The number of ether oxygens (including phenoxy) is 2. The van der Waals surface area contributed by atoms with Crippen molar-refractivity contribution in [1.29, 1.82) is 0 Å². The molecule has 2 aliphatic heterocycles. The van der Waals surface area contributed by atoms with E-state index < -0.39 is 6.10 Å². The van der Waals surface area contributed by atoms with E-state index in [0.717, 1.165) is 19.4 Å². The fourth-order valence-electron chi connectivity index (χ4n) is 3.51. The Labute approximate surface area is 130 Å². The Hall–Kier alpha value is -1.59.